The molecule has 106 valence electrons. The number of ether oxygens (including phenoxy) is 1. The number of nitrogens with one attached hydrogen (secondary N) is 1. The van der Waals surface area contributed by atoms with Gasteiger partial charge >= 0.3 is 0 Å². The fourth-order valence-electron chi connectivity index (χ4n) is 2.28. The van der Waals surface area contributed by atoms with Gasteiger partial charge in [0, 0.05) is 12.6 Å². The summed E-state index contributed by atoms with van der Waals surface area (Å²) in [6, 6.07) is 0.182. The second-order valence-electron chi connectivity index (χ2n) is 5.84. The highest BCUT2D eigenvalue weighted by Gasteiger charge is 2.32. The fourth-order valence-corrected chi connectivity index (χ4v) is 2.28. The van der Waals surface area contributed by atoms with Gasteiger partial charge in [-0.1, -0.05) is 33.1 Å². The van der Waals surface area contributed by atoms with E-state index in [-0.39, 0.29) is 24.2 Å². The standard InChI is InChI=1S/C14H28N2O2/c1-11(2)12(3)16-13(17)9-18-14(10-15)7-5-4-6-8-14/h11-12H,4-10,15H2,1-3H3,(H,16,17). The molecule has 1 rings (SSSR count). The van der Waals surface area contributed by atoms with Crippen molar-refractivity contribution in [2.45, 2.75) is 64.5 Å². The van der Waals surface area contributed by atoms with Crippen molar-refractivity contribution < 1.29 is 9.53 Å². The predicted molar refractivity (Wildman–Crippen MR) is 73.3 cm³/mol. The van der Waals surface area contributed by atoms with Crippen LogP contribution < -0.4 is 11.1 Å². The van der Waals surface area contributed by atoms with Crippen molar-refractivity contribution >= 4 is 5.91 Å². The highest BCUT2D eigenvalue weighted by Crippen LogP contribution is 2.30. The van der Waals surface area contributed by atoms with Crippen LogP contribution in [0, 0.1) is 5.92 Å². The average molecular weight is 256 g/mol. The summed E-state index contributed by atoms with van der Waals surface area (Å²) in [5, 5.41) is 2.96. The highest BCUT2D eigenvalue weighted by atomic mass is 16.5. The van der Waals surface area contributed by atoms with Crippen molar-refractivity contribution in [1.82, 2.24) is 5.32 Å². The molecule has 1 amide bonds. The molecule has 4 nitrogen and oxygen atoms in total. The van der Waals surface area contributed by atoms with E-state index in [4.69, 9.17) is 10.5 Å². The molecule has 1 atom stereocenters. The SMILES string of the molecule is CC(C)C(C)NC(=O)COC1(CN)CCCCC1. The van der Waals surface area contributed by atoms with Gasteiger partial charge < -0.3 is 15.8 Å². The van der Waals surface area contributed by atoms with Crippen LogP contribution in [0.25, 0.3) is 0 Å². The topological polar surface area (TPSA) is 64.3 Å². The first-order valence-corrected chi connectivity index (χ1v) is 7.12. The van der Waals surface area contributed by atoms with Gasteiger partial charge in [0.05, 0.1) is 5.60 Å². The van der Waals surface area contributed by atoms with Crippen LogP contribution in [0.2, 0.25) is 0 Å². The number of carbonyl (C=O) groups excluding carboxylic acids is 1. The smallest absolute Gasteiger partial charge is 0.246 e. The number of hydrogen-bond acceptors (Lipinski definition) is 3. The zero-order valence-electron chi connectivity index (χ0n) is 12.0. The van der Waals surface area contributed by atoms with Crippen LogP contribution in [-0.4, -0.2) is 30.7 Å². The molecule has 0 aromatic carbocycles. The summed E-state index contributed by atoms with van der Waals surface area (Å²) in [7, 11) is 0. The minimum Gasteiger partial charge on any atom is -0.364 e. The normalized spacial score (nSPS) is 20.7. The monoisotopic (exact) mass is 256 g/mol. The number of hydrogen-bond donors (Lipinski definition) is 2. The molecule has 18 heavy (non-hydrogen) atoms. The molecule has 0 saturated heterocycles. The van der Waals surface area contributed by atoms with E-state index in [1.54, 1.807) is 0 Å². The summed E-state index contributed by atoms with van der Waals surface area (Å²) in [4.78, 5) is 11.8. The number of rotatable bonds is 6. The number of nitrogens with two attached hydrogens (primary N) is 1. The van der Waals surface area contributed by atoms with E-state index in [1.807, 2.05) is 6.92 Å². The quantitative estimate of drug-likeness (QED) is 0.762. The Hall–Kier alpha value is -0.610. The molecule has 0 spiro atoms. The first kappa shape index (κ1) is 15.4. The molecular formula is C14H28N2O2. The highest BCUT2D eigenvalue weighted by molar-refractivity contribution is 5.77. The molecule has 0 aromatic heterocycles. The molecule has 4 heteroatoms. The summed E-state index contributed by atoms with van der Waals surface area (Å²) < 4.78 is 5.83. The van der Waals surface area contributed by atoms with Gasteiger partial charge in [0.25, 0.3) is 0 Å². The van der Waals surface area contributed by atoms with E-state index < -0.39 is 0 Å². The molecule has 0 bridgehead atoms. The zero-order valence-corrected chi connectivity index (χ0v) is 12.0. The summed E-state index contributed by atoms with van der Waals surface area (Å²) in [5.41, 5.74) is 5.56. The minimum atomic E-state index is -0.253. The van der Waals surface area contributed by atoms with E-state index in [0.717, 1.165) is 25.7 Å². The van der Waals surface area contributed by atoms with Crippen LogP contribution in [0.1, 0.15) is 52.9 Å². The maximum atomic E-state index is 11.8. The molecule has 0 radical (unpaired) electrons. The third kappa shape index (κ3) is 4.58. The van der Waals surface area contributed by atoms with Crippen LogP contribution in [0.5, 0.6) is 0 Å². The molecule has 1 unspecified atom stereocenters. The van der Waals surface area contributed by atoms with Crippen molar-refractivity contribution in [2.75, 3.05) is 13.2 Å². The number of carbonyl (C=O) groups is 1. The first-order chi connectivity index (χ1) is 8.49. The van der Waals surface area contributed by atoms with Gasteiger partial charge in [-0.2, -0.15) is 0 Å². The Morgan fingerprint density at radius 1 is 1.28 bits per heavy atom. The Bertz CT molecular complexity index is 261. The Morgan fingerprint density at radius 2 is 1.89 bits per heavy atom. The molecule has 3 N–H and O–H groups in total. The molecule has 1 aliphatic rings. The van der Waals surface area contributed by atoms with Crippen LogP contribution in [0.15, 0.2) is 0 Å². The van der Waals surface area contributed by atoms with Crippen LogP contribution in [0.4, 0.5) is 0 Å². The van der Waals surface area contributed by atoms with Gasteiger partial charge in [0.2, 0.25) is 5.91 Å². The van der Waals surface area contributed by atoms with E-state index in [1.165, 1.54) is 6.42 Å². The Morgan fingerprint density at radius 3 is 2.39 bits per heavy atom. The van der Waals surface area contributed by atoms with Gasteiger partial charge in [0.1, 0.15) is 6.61 Å². The zero-order chi connectivity index (χ0) is 13.6. The Balaban J connectivity index is 2.36. The summed E-state index contributed by atoms with van der Waals surface area (Å²) in [6.07, 6.45) is 5.52. The maximum absolute atomic E-state index is 11.8. The average Bonchev–Trinajstić information content (AvgIpc) is 2.37. The van der Waals surface area contributed by atoms with Crippen LogP contribution >= 0.6 is 0 Å². The molecule has 1 fully saturated rings. The second-order valence-corrected chi connectivity index (χ2v) is 5.84. The van der Waals surface area contributed by atoms with E-state index in [2.05, 4.69) is 19.2 Å². The van der Waals surface area contributed by atoms with E-state index >= 15 is 0 Å². The van der Waals surface area contributed by atoms with Crippen molar-refractivity contribution in [3.05, 3.63) is 0 Å². The van der Waals surface area contributed by atoms with Gasteiger partial charge in [-0.25, -0.2) is 0 Å². The lowest BCUT2D eigenvalue weighted by Gasteiger charge is -2.36. The largest absolute Gasteiger partial charge is 0.364 e. The van der Waals surface area contributed by atoms with Gasteiger partial charge in [-0.3, -0.25) is 4.79 Å². The molecule has 0 heterocycles. The molecular weight excluding hydrogens is 228 g/mol. The van der Waals surface area contributed by atoms with Gasteiger partial charge in [-0.15, -0.1) is 0 Å². The van der Waals surface area contributed by atoms with Gasteiger partial charge in [0.15, 0.2) is 0 Å². The summed E-state index contributed by atoms with van der Waals surface area (Å²) in [6.45, 7) is 6.85. The Labute approximate surface area is 111 Å². The molecule has 0 aliphatic heterocycles. The van der Waals surface area contributed by atoms with Crippen molar-refractivity contribution in [3.8, 4) is 0 Å². The third-order valence-electron chi connectivity index (χ3n) is 4.03. The lowest BCUT2D eigenvalue weighted by molar-refractivity contribution is -0.136. The van der Waals surface area contributed by atoms with E-state index in [0.29, 0.717) is 12.5 Å². The fraction of sp³-hybridized carbons (Fsp3) is 0.929. The lowest BCUT2D eigenvalue weighted by atomic mass is 9.85. The lowest BCUT2D eigenvalue weighted by Crippen LogP contribution is -2.46. The van der Waals surface area contributed by atoms with Crippen LogP contribution in [0.3, 0.4) is 0 Å². The van der Waals surface area contributed by atoms with Crippen molar-refractivity contribution in [1.29, 1.82) is 0 Å². The summed E-state index contributed by atoms with van der Waals surface area (Å²) in [5.74, 6) is 0.404. The van der Waals surface area contributed by atoms with Crippen LogP contribution in [-0.2, 0) is 9.53 Å². The van der Waals surface area contributed by atoms with Crippen molar-refractivity contribution in [3.63, 3.8) is 0 Å². The molecule has 0 aromatic rings. The van der Waals surface area contributed by atoms with Gasteiger partial charge in [-0.05, 0) is 25.7 Å². The maximum Gasteiger partial charge on any atom is 0.246 e. The minimum absolute atomic E-state index is 0.0328. The Kier molecular flexibility index (Phi) is 6.09. The number of amides is 1. The summed E-state index contributed by atoms with van der Waals surface area (Å²) >= 11 is 0. The molecule has 1 aliphatic carbocycles. The second kappa shape index (κ2) is 7.10. The first-order valence-electron chi connectivity index (χ1n) is 7.12. The van der Waals surface area contributed by atoms with E-state index in [9.17, 15) is 4.79 Å². The third-order valence-corrected chi connectivity index (χ3v) is 4.03. The molecule has 1 saturated carbocycles. The van der Waals surface area contributed by atoms with Crippen molar-refractivity contribution in [2.24, 2.45) is 11.7 Å². The predicted octanol–water partition coefficient (Wildman–Crippen LogP) is 1.83.